The molecule has 1 saturated carbocycles. The van der Waals surface area contributed by atoms with Crippen LogP contribution in [0.2, 0.25) is 0 Å². The fourth-order valence-corrected chi connectivity index (χ4v) is 3.69. The third-order valence-corrected chi connectivity index (χ3v) is 4.76. The molecule has 0 radical (unpaired) electrons. The van der Waals surface area contributed by atoms with Gasteiger partial charge in [-0.1, -0.05) is 13.0 Å². The average molecular weight is 272 g/mol. The van der Waals surface area contributed by atoms with E-state index in [1.165, 1.54) is 0 Å². The fourth-order valence-electron chi connectivity index (χ4n) is 3.69. The SMILES string of the molecule is CC1CC(=O)CC2C1C(=O)c1cc(CN)ccc1N2C. The van der Waals surface area contributed by atoms with E-state index in [9.17, 15) is 9.59 Å². The van der Waals surface area contributed by atoms with Crippen LogP contribution in [0.4, 0.5) is 5.69 Å². The molecule has 3 atom stereocenters. The number of hydrogen-bond acceptors (Lipinski definition) is 4. The molecule has 1 fully saturated rings. The summed E-state index contributed by atoms with van der Waals surface area (Å²) in [6.07, 6.45) is 1.00. The molecule has 0 bridgehead atoms. The first-order valence-electron chi connectivity index (χ1n) is 7.14. The number of rotatable bonds is 1. The van der Waals surface area contributed by atoms with Crippen LogP contribution >= 0.6 is 0 Å². The molecule has 1 aromatic carbocycles. The zero-order chi connectivity index (χ0) is 14.4. The second kappa shape index (κ2) is 4.70. The molecule has 2 aliphatic rings. The summed E-state index contributed by atoms with van der Waals surface area (Å²) in [5, 5.41) is 0. The molecule has 2 N–H and O–H groups in total. The Morgan fingerprint density at radius 1 is 1.30 bits per heavy atom. The standard InChI is InChI=1S/C16H20N2O2/c1-9-5-11(19)7-14-15(9)16(20)12-6-10(8-17)3-4-13(12)18(14)2/h3-4,6,9,14-15H,5,7-8,17H2,1-2H3. The summed E-state index contributed by atoms with van der Waals surface area (Å²) in [6, 6.07) is 5.83. The van der Waals surface area contributed by atoms with Gasteiger partial charge in [0.05, 0.1) is 0 Å². The van der Waals surface area contributed by atoms with Crippen molar-refractivity contribution in [3.63, 3.8) is 0 Å². The van der Waals surface area contributed by atoms with Crippen molar-refractivity contribution in [2.75, 3.05) is 11.9 Å². The van der Waals surface area contributed by atoms with Gasteiger partial charge in [-0.2, -0.15) is 0 Å². The summed E-state index contributed by atoms with van der Waals surface area (Å²) in [5.74, 6) is 0.489. The number of hydrogen-bond donors (Lipinski definition) is 1. The van der Waals surface area contributed by atoms with E-state index in [1.807, 2.05) is 32.2 Å². The molecular weight excluding hydrogens is 252 g/mol. The van der Waals surface area contributed by atoms with E-state index in [0.29, 0.717) is 19.4 Å². The van der Waals surface area contributed by atoms with Gasteiger partial charge in [-0.25, -0.2) is 0 Å². The maximum absolute atomic E-state index is 12.8. The lowest BCUT2D eigenvalue weighted by atomic mass is 9.69. The third kappa shape index (κ3) is 1.86. The summed E-state index contributed by atoms with van der Waals surface area (Å²) in [7, 11) is 1.98. The van der Waals surface area contributed by atoms with E-state index in [2.05, 4.69) is 4.90 Å². The van der Waals surface area contributed by atoms with Crippen molar-refractivity contribution < 1.29 is 9.59 Å². The minimum atomic E-state index is -0.0711. The van der Waals surface area contributed by atoms with Gasteiger partial charge in [0, 0.05) is 49.6 Å². The number of nitrogens with two attached hydrogens (primary N) is 1. The van der Waals surface area contributed by atoms with Crippen LogP contribution in [0.3, 0.4) is 0 Å². The van der Waals surface area contributed by atoms with Crippen LogP contribution in [-0.2, 0) is 11.3 Å². The predicted molar refractivity (Wildman–Crippen MR) is 77.7 cm³/mol. The molecule has 0 amide bonds. The smallest absolute Gasteiger partial charge is 0.170 e. The van der Waals surface area contributed by atoms with Crippen molar-refractivity contribution in [1.29, 1.82) is 0 Å². The molecule has 3 rings (SSSR count). The van der Waals surface area contributed by atoms with Crippen molar-refractivity contribution in [3.8, 4) is 0 Å². The molecule has 4 nitrogen and oxygen atoms in total. The largest absolute Gasteiger partial charge is 0.370 e. The average Bonchev–Trinajstić information content (AvgIpc) is 2.43. The zero-order valence-electron chi connectivity index (χ0n) is 11.9. The van der Waals surface area contributed by atoms with E-state index in [0.717, 1.165) is 16.8 Å². The van der Waals surface area contributed by atoms with Gasteiger partial charge in [0.25, 0.3) is 0 Å². The minimum absolute atomic E-state index is 0.00924. The van der Waals surface area contributed by atoms with Crippen LogP contribution in [-0.4, -0.2) is 24.7 Å². The normalized spacial score (nSPS) is 29.1. The van der Waals surface area contributed by atoms with Gasteiger partial charge in [0.15, 0.2) is 5.78 Å². The number of nitrogens with zero attached hydrogens (tertiary/aromatic N) is 1. The Hall–Kier alpha value is -1.68. The van der Waals surface area contributed by atoms with E-state index in [1.54, 1.807) is 0 Å². The van der Waals surface area contributed by atoms with Crippen molar-refractivity contribution >= 4 is 17.3 Å². The predicted octanol–water partition coefficient (Wildman–Crippen LogP) is 1.76. The van der Waals surface area contributed by atoms with E-state index in [4.69, 9.17) is 5.73 Å². The molecule has 4 heteroatoms. The summed E-state index contributed by atoms with van der Waals surface area (Å²) >= 11 is 0. The molecule has 1 aliphatic carbocycles. The molecule has 20 heavy (non-hydrogen) atoms. The number of ketones is 2. The van der Waals surface area contributed by atoms with Gasteiger partial charge in [0.1, 0.15) is 5.78 Å². The molecule has 0 saturated heterocycles. The lowest BCUT2D eigenvalue weighted by Crippen LogP contribution is -2.52. The van der Waals surface area contributed by atoms with E-state index >= 15 is 0 Å². The van der Waals surface area contributed by atoms with E-state index in [-0.39, 0.29) is 29.4 Å². The van der Waals surface area contributed by atoms with Gasteiger partial charge in [-0.15, -0.1) is 0 Å². The lowest BCUT2D eigenvalue weighted by Gasteiger charge is -2.45. The highest BCUT2D eigenvalue weighted by molar-refractivity contribution is 6.06. The highest BCUT2D eigenvalue weighted by atomic mass is 16.1. The minimum Gasteiger partial charge on any atom is -0.370 e. The molecule has 3 unspecified atom stereocenters. The molecule has 1 aliphatic heterocycles. The number of carbonyl (C=O) groups is 2. The van der Waals surface area contributed by atoms with Gasteiger partial charge in [0.2, 0.25) is 0 Å². The summed E-state index contributed by atoms with van der Waals surface area (Å²) < 4.78 is 0. The van der Waals surface area contributed by atoms with Crippen molar-refractivity contribution in [1.82, 2.24) is 0 Å². The number of fused-ring (bicyclic) bond motifs is 2. The molecular formula is C16H20N2O2. The summed E-state index contributed by atoms with van der Waals surface area (Å²) in [5.41, 5.74) is 8.33. The van der Waals surface area contributed by atoms with Crippen LogP contribution < -0.4 is 10.6 Å². The summed E-state index contributed by atoms with van der Waals surface area (Å²) in [4.78, 5) is 26.7. The van der Waals surface area contributed by atoms with Crippen LogP contribution in [0.25, 0.3) is 0 Å². The zero-order valence-corrected chi connectivity index (χ0v) is 11.9. The van der Waals surface area contributed by atoms with Crippen LogP contribution in [0.1, 0.15) is 35.7 Å². The highest BCUT2D eigenvalue weighted by Gasteiger charge is 2.45. The Bertz CT molecular complexity index is 582. The number of benzene rings is 1. The van der Waals surface area contributed by atoms with Crippen LogP contribution in [0.15, 0.2) is 18.2 Å². The summed E-state index contributed by atoms with van der Waals surface area (Å²) in [6.45, 7) is 2.45. The van der Waals surface area contributed by atoms with Crippen molar-refractivity contribution in [3.05, 3.63) is 29.3 Å². The van der Waals surface area contributed by atoms with Crippen LogP contribution in [0, 0.1) is 11.8 Å². The first-order chi connectivity index (χ1) is 9.52. The fraction of sp³-hybridized carbons (Fsp3) is 0.500. The number of anilines is 1. The Balaban J connectivity index is 2.09. The first kappa shape index (κ1) is 13.3. The van der Waals surface area contributed by atoms with Gasteiger partial charge in [-0.05, 0) is 23.6 Å². The van der Waals surface area contributed by atoms with Crippen LogP contribution in [0.5, 0.6) is 0 Å². The van der Waals surface area contributed by atoms with Gasteiger partial charge in [-0.3, -0.25) is 9.59 Å². The number of Topliss-reactive ketones (excluding diaryl/α,β-unsaturated/α-hetero) is 2. The Morgan fingerprint density at radius 3 is 2.75 bits per heavy atom. The molecule has 0 aromatic heterocycles. The topological polar surface area (TPSA) is 63.4 Å². The second-order valence-corrected chi connectivity index (χ2v) is 6.05. The Kier molecular flexibility index (Phi) is 3.13. The molecule has 1 heterocycles. The maximum Gasteiger partial charge on any atom is 0.170 e. The van der Waals surface area contributed by atoms with Gasteiger partial charge < -0.3 is 10.6 Å². The van der Waals surface area contributed by atoms with E-state index < -0.39 is 0 Å². The third-order valence-electron chi connectivity index (χ3n) is 4.76. The first-order valence-corrected chi connectivity index (χ1v) is 7.14. The Morgan fingerprint density at radius 2 is 2.05 bits per heavy atom. The second-order valence-electron chi connectivity index (χ2n) is 6.05. The monoisotopic (exact) mass is 272 g/mol. The molecule has 0 spiro atoms. The number of carbonyl (C=O) groups excluding carboxylic acids is 2. The van der Waals surface area contributed by atoms with Gasteiger partial charge >= 0.3 is 0 Å². The van der Waals surface area contributed by atoms with Crippen molar-refractivity contribution in [2.45, 2.75) is 32.4 Å². The quantitative estimate of drug-likeness (QED) is 0.846. The molecule has 106 valence electrons. The molecule has 1 aromatic rings. The lowest BCUT2D eigenvalue weighted by molar-refractivity contribution is -0.122. The Labute approximate surface area is 118 Å². The van der Waals surface area contributed by atoms with Crippen molar-refractivity contribution in [2.24, 2.45) is 17.6 Å². The maximum atomic E-state index is 12.8. The highest BCUT2D eigenvalue weighted by Crippen LogP contribution is 2.41.